The summed E-state index contributed by atoms with van der Waals surface area (Å²) in [5.74, 6) is 0.701. The smallest absolute Gasteiger partial charge is 0.269 e. The van der Waals surface area contributed by atoms with Crippen LogP contribution in [0.15, 0.2) is 90.2 Å². The lowest BCUT2D eigenvalue weighted by Gasteiger charge is -2.10. The molecule has 5 aromatic rings. The minimum absolute atomic E-state index is 0.0892. The number of ether oxygens (including phenoxy) is 2. The number of nitrogens with zero attached hydrogens (tertiary/aromatic N) is 4. The van der Waals surface area contributed by atoms with Crippen LogP contribution < -0.4 is 20.3 Å². The van der Waals surface area contributed by atoms with Gasteiger partial charge in [0.15, 0.2) is 5.75 Å². The van der Waals surface area contributed by atoms with Crippen molar-refractivity contribution in [1.29, 1.82) is 0 Å². The van der Waals surface area contributed by atoms with E-state index in [9.17, 15) is 14.0 Å². The first-order valence-electron chi connectivity index (χ1n) is 10.7. The van der Waals surface area contributed by atoms with Crippen LogP contribution in [0.1, 0.15) is 10.4 Å². The zero-order valence-electron chi connectivity index (χ0n) is 18.9. The molecule has 0 bridgehead atoms. The summed E-state index contributed by atoms with van der Waals surface area (Å²) in [5, 5.41) is 2.70. The molecule has 0 saturated heterocycles. The van der Waals surface area contributed by atoms with Gasteiger partial charge in [-0.2, -0.15) is 0 Å². The summed E-state index contributed by atoms with van der Waals surface area (Å²) in [4.78, 5) is 38.1. The van der Waals surface area contributed by atoms with Gasteiger partial charge in [0.2, 0.25) is 0 Å². The summed E-state index contributed by atoms with van der Waals surface area (Å²) in [7, 11) is 1.56. The van der Waals surface area contributed by atoms with Gasteiger partial charge in [-0.1, -0.05) is 0 Å². The van der Waals surface area contributed by atoms with Crippen molar-refractivity contribution in [2.45, 2.75) is 0 Å². The topological polar surface area (TPSA) is 108 Å². The van der Waals surface area contributed by atoms with Gasteiger partial charge < -0.3 is 14.8 Å². The van der Waals surface area contributed by atoms with Crippen molar-refractivity contribution in [3.05, 3.63) is 107 Å². The molecule has 1 amide bonds. The van der Waals surface area contributed by atoms with Crippen LogP contribution in [0, 0.1) is 5.82 Å². The average Bonchev–Trinajstić information content (AvgIpc) is 2.90. The summed E-state index contributed by atoms with van der Waals surface area (Å²) < 4.78 is 25.5. The number of hydrogen-bond donors (Lipinski definition) is 1. The zero-order chi connectivity index (χ0) is 25.1. The fraction of sp³-hybridized carbons (Fsp3) is 0.0385. The van der Waals surface area contributed by atoms with Crippen LogP contribution in [0.4, 0.5) is 10.1 Å². The minimum atomic E-state index is -0.594. The van der Waals surface area contributed by atoms with E-state index in [-0.39, 0.29) is 11.4 Å². The molecule has 36 heavy (non-hydrogen) atoms. The number of fused-ring (bicyclic) bond motifs is 1. The molecular formula is C26H18FN5O4. The second-order valence-electron chi connectivity index (χ2n) is 7.56. The van der Waals surface area contributed by atoms with E-state index in [0.717, 1.165) is 6.20 Å². The van der Waals surface area contributed by atoms with Crippen LogP contribution in [-0.2, 0) is 0 Å². The molecule has 4 heterocycles. The van der Waals surface area contributed by atoms with Gasteiger partial charge in [-0.15, -0.1) is 0 Å². The third kappa shape index (κ3) is 4.60. The predicted octanol–water partition coefficient (Wildman–Crippen LogP) is 4.37. The minimum Gasteiger partial charge on any atom is -0.495 e. The Morgan fingerprint density at radius 2 is 1.81 bits per heavy atom. The summed E-state index contributed by atoms with van der Waals surface area (Å²) >= 11 is 0. The molecule has 0 fully saturated rings. The van der Waals surface area contributed by atoms with Crippen LogP contribution in [0.5, 0.6) is 17.2 Å². The van der Waals surface area contributed by atoms with E-state index >= 15 is 0 Å². The lowest BCUT2D eigenvalue weighted by atomic mass is 10.2. The highest BCUT2D eigenvalue weighted by Crippen LogP contribution is 2.29. The maximum Gasteiger partial charge on any atom is 0.269 e. The van der Waals surface area contributed by atoms with E-state index in [1.54, 1.807) is 62.0 Å². The van der Waals surface area contributed by atoms with Crippen molar-refractivity contribution in [1.82, 2.24) is 19.5 Å². The Labute approximate surface area is 203 Å². The Balaban J connectivity index is 1.33. The summed E-state index contributed by atoms with van der Waals surface area (Å²) in [6.07, 6.45) is 5.65. The van der Waals surface area contributed by atoms with Gasteiger partial charge in [-0.05, 0) is 48.5 Å². The summed E-state index contributed by atoms with van der Waals surface area (Å²) in [6, 6.07) is 15.6. The molecule has 0 aliphatic heterocycles. The first kappa shape index (κ1) is 22.7. The Morgan fingerprint density at radius 3 is 2.56 bits per heavy atom. The molecule has 4 aromatic heterocycles. The highest BCUT2D eigenvalue weighted by Gasteiger charge is 2.14. The fourth-order valence-corrected chi connectivity index (χ4v) is 3.47. The average molecular weight is 483 g/mol. The predicted molar refractivity (Wildman–Crippen MR) is 130 cm³/mol. The molecule has 0 aliphatic carbocycles. The first-order chi connectivity index (χ1) is 17.5. The largest absolute Gasteiger partial charge is 0.495 e. The molecule has 1 N–H and O–H groups in total. The third-order valence-electron chi connectivity index (χ3n) is 5.24. The van der Waals surface area contributed by atoms with Gasteiger partial charge in [0.05, 0.1) is 25.0 Å². The van der Waals surface area contributed by atoms with Crippen LogP contribution >= 0.6 is 0 Å². The quantitative estimate of drug-likeness (QED) is 0.382. The number of hydrogen-bond acceptors (Lipinski definition) is 7. The number of methoxy groups -OCH3 is 1. The van der Waals surface area contributed by atoms with Gasteiger partial charge in [-0.3, -0.25) is 19.1 Å². The molecule has 0 radical (unpaired) electrons. The molecule has 1 aromatic carbocycles. The van der Waals surface area contributed by atoms with Crippen LogP contribution in [0.25, 0.3) is 16.9 Å². The molecule has 9 nitrogen and oxygen atoms in total. The van der Waals surface area contributed by atoms with Crippen molar-refractivity contribution in [3.63, 3.8) is 0 Å². The molecule has 0 unspecified atom stereocenters. The number of aromatic nitrogens is 4. The normalized spacial score (nSPS) is 10.7. The highest BCUT2D eigenvalue weighted by molar-refractivity contribution is 6.04. The van der Waals surface area contributed by atoms with Crippen molar-refractivity contribution < 1.29 is 18.7 Å². The maximum atomic E-state index is 13.2. The van der Waals surface area contributed by atoms with Gasteiger partial charge in [-0.25, -0.2) is 14.4 Å². The number of carbonyl (C=O) groups excluding carboxylic acids is 1. The van der Waals surface area contributed by atoms with E-state index in [1.165, 1.54) is 29.0 Å². The van der Waals surface area contributed by atoms with E-state index in [2.05, 4.69) is 20.3 Å². The molecule has 0 saturated carbocycles. The zero-order valence-corrected chi connectivity index (χ0v) is 18.9. The molecule has 0 spiro atoms. The SMILES string of the molecule is COc1cnc2c(Oc3ccc(NC(=O)c4cccn(-c5ccc(F)cn5)c4=O)cc3)ccnc2c1. The Morgan fingerprint density at radius 1 is 0.972 bits per heavy atom. The lowest BCUT2D eigenvalue weighted by molar-refractivity contribution is 0.102. The Hall–Kier alpha value is -5.12. The molecule has 0 atom stereocenters. The van der Waals surface area contributed by atoms with E-state index < -0.39 is 17.3 Å². The standard InChI is InChI=1S/C26H18FN5O4/c1-35-19-13-21-24(30-15-19)22(10-11-28-21)36-18-7-5-17(6-8-18)31-25(33)20-3-2-12-32(26(20)34)23-9-4-16(27)14-29-23/h2-15H,1H3,(H,31,33). The van der Waals surface area contributed by atoms with Crippen molar-refractivity contribution in [2.24, 2.45) is 0 Å². The molecule has 178 valence electrons. The number of anilines is 1. The third-order valence-corrected chi connectivity index (χ3v) is 5.24. The molecule has 0 aliphatic rings. The number of amides is 1. The van der Waals surface area contributed by atoms with Crippen LogP contribution in [-0.4, -0.2) is 32.5 Å². The second kappa shape index (κ2) is 9.63. The van der Waals surface area contributed by atoms with Crippen molar-refractivity contribution >= 4 is 22.6 Å². The second-order valence-corrected chi connectivity index (χ2v) is 7.56. The van der Waals surface area contributed by atoms with Gasteiger partial charge in [0.25, 0.3) is 11.5 Å². The number of pyridine rings is 4. The van der Waals surface area contributed by atoms with E-state index in [1.807, 2.05) is 0 Å². The molecule has 10 heteroatoms. The van der Waals surface area contributed by atoms with Gasteiger partial charge >= 0.3 is 0 Å². The highest BCUT2D eigenvalue weighted by atomic mass is 19.1. The number of benzene rings is 1. The number of rotatable bonds is 6. The number of carbonyl (C=O) groups is 1. The maximum absolute atomic E-state index is 13.2. The Bertz CT molecular complexity index is 1620. The molecule has 5 rings (SSSR count). The van der Waals surface area contributed by atoms with Gasteiger partial charge in [0, 0.05) is 30.2 Å². The van der Waals surface area contributed by atoms with Crippen molar-refractivity contribution in [2.75, 3.05) is 12.4 Å². The molecular weight excluding hydrogens is 465 g/mol. The van der Waals surface area contributed by atoms with Crippen LogP contribution in [0.3, 0.4) is 0 Å². The number of halogens is 1. The summed E-state index contributed by atoms with van der Waals surface area (Å²) in [5.41, 5.74) is 0.993. The summed E-state index contributed by atoms with van der Waals surface area (Å²) in [6.45, 7) is 0. The van der Waals surface area contributed by atoms with Crippen LogP contribution in [0.2, 0.25) is 0 Å². The van der Waals surface area contributed by atoms with E-state index in [0.29, 0.717) is 34.0 Å². The monoisotopic (exact) mass is 483 g/mol. The van der Waals surface area contributed by atoms with Gasteiger partial charge in [0.1, 0.15) is 34.2 Å². The first-order valence-corrected chi connectivity index (χ1v) is 10.7. The Kier molecular flexibility index (Phi) is 6.06. The lowest BCUT2D eigenvalue weighted by Crippen LogP contribution is -2.28. The number of nitrogens with one attached hydrogen (secondary N) is 1. The van der Waals surface area contributed by atoms with Crippen molar-refractivity contribution in [3.8, 4) is 23.1 Å². The van der Waals surface area contributed by atoms with E-state index in [4.69, 9.17) is 9.47 Å². The fourth-order valence-electron chi connectivity index (χ4n) is 3.47.